The molecule has 0 spiro atoms. The number of aromatic nitrogens is 2. The Morgan fingerprint density at radius 1 is 0.800 bits per heavy atom. The van der Waals surface area contributed by atoms with Crippen molar-refractivity contribution in [2.75, 3.05) is 0 Å². The van der Waals surface area contributed by atoms with E-state index >= 15 is 0 Å². The van der Waals surface area contributed by atoms with Gasteiger partial charge in [0.1, 0.15) is 6.20 Å². The standard InChI is InChI=1S/C17H12N2O6/c20-14-11-18(24-15(21)12-7-3-1-4-8-12)17(23)19(14)25-16(22)13-9-5-2-6-10-13/h1-11,20H. The van der Waals surface area contributed by atoms with E-state index in [0.29, 0.717) is 9.46 Å². The molecule has 1 N–H and O–H groups in total. The van der Waals surface area contributed by atoms with E-state index in [1.807, 2.05) is 0 Å². The fourth-order valence-corrected chi connectivity index (χ4v) is 1.98. The van der Waals surface area contributed by atoms with Gasteiger partial charge < -0.3 is 14.8 Å². The smallest absolute Gasteiger partial charge is 0.398 e. The third-order valence-corrected chi connectivity index (χ3v) is 3.18. The van der Waals surface area contributed by atoms with E-state index in [4.69, 9.17) is 9.68 Å². The van der Waals surface area contributed by atoms with Gasteiger partial charge in [-0.1, -0.05) is 41.1 Å². The Labute approximate surface area is 141 Å². The van der Waals surface area contributed by atoms with Crippen molar-refractivity contribution in [1.82, 2.24) is 9.46 Å². The summed E-state index contributed by atoms with van der Waals surface area (Å²) in [6.07, 6.45) is 0.821. The van der Waals surface area contributed by atoms with E-state index in [2.05, 4.69) is 0 Å². The summed E-state index contributed by atoms with van der Waals surface area (Å²) in [7, 11) is 0. The van der Waals surface area contributed by atoms with Crippen LogP contribution in [-0.4, -0.2) is 26.5 Å². The molecule has 1 heterocycles. The Kier molecular flexibility index (Phi) is 4.34. The molecule has 8 nitrogen and oxygen atoms in total. The number of benzene rings is 2. The summed E-state index contributed by atoms with van der Waals surface area (Å²) in [6, 6.07) is 15.9. The second-order valence-electron chi connectivity index (χ2n) is 4.88. The van der Waals surface area contributed by atoms with Crippen LogP contribution in [0, 0.1) is 0 Å². The quantitative estimate of drug-likeness (QED) is 0.757. The number of carbonyl (C=O) groups is 2. The van der Waals surface area contributed by atoms with Crippen LogP contribution < -0.4 is 15.4 Å². The monoisotopic (exact) mass is 340 g/mol. The van der Waals surface area contributed by atoms with E-state index in [1.54, 1.807) is 36.4 Å². The van der Waals surface area contributed by atoms with Gasteiger partial charge in [0.2, 0.25) is 0 Å². The first kappa shape index (κ1) is 16.1. The molecule has 3 aromatic rings. The van der Waals surface area contributed by atoms with Gasteiger partial charge in [0.15, 0.2) is 0 Å². The number of carbonyl (C=O) groups excluding carboxylic acids is 2. The SMILES string of the molecule is O=C(On1cc(O)n(OC(=O)c2ccccc2)c1=O)c1ccccc1. The third kappa shape index (κ3) is 3.42. The van der Waals surface area contributed by atoms with Crippen LogP contribution in [0.15, 0.2) is 71.7 Å². The van der Waals surface area contributed by atoms with Gasteiger partial charge in [0.25, 0.3) is 5.88 Å². The van der Waals surface area contributed by atoms with Crippen molar-refractivity contribution < 1.29 is 24.4 Å². The van der Waals surface area contributed by atoms with Crippen LogP contribution in [0.1, 0.15) is 20.7 Å². The van der Waals surface area contributed by atoms with Gasteiger partial charge in [0.05, 0.1) is 11.1 Å². The van der Waals surface area contributed by atoms with Crippen molar-refractivity contribution in [3.8, 4) is 5.88 Å². The van der Waals surface area contributed by atoms with Crippen LogP contribution in [0.25, 0.3) is 0 Å². The molecule has 0 aliphatic rings. The lowest BCUT2D eigenvalue weighted by atomic mass is 10.2. The third-order valence-electron chi connectivity index (χ3n) is 3.18. The topological polar surface area (TPSA) is 99.8 Å². The molecule has 126 valence electrons. The van der Waals surface area contributed by atoms with Crippen molar-refractivity contribution >= 4 is 11.9 Å². The normalized spacial score (nSPS) is 10.2. The zero-order valence-corrected chi connectivity index (χ0v) is 12.7. The molecule has 0 saturated carbocycles. The van der Waals surface area contributed by atoms with E-state index in [0.717, 1.165) is 6.20 Å². The summed E-state index contributed by atoms with van der Waals surface area (Å²) in [5.41, 5.74) is -0.656. The fourth-order valence-electron chi connectivity index (χ4n) is 1.98. The molecule has 2 aromatic carbocycles. The maximum absolute atomic E-state index is 12.1. The Morgan fingerprint density at radius 3 is 1.80 bits per heavy atom. The summed E-state index contributed by atoms with van der Waals surface area (Å²) in [5, 5.41) is 9.77. The molecular formula is C17H12N2O6. The largest absolute Gasteiger partial charge is 0.491 e. The van der Waals surface area contributed by atoms with Gasteiger partial charge >= 0.3 is 17.6 Å². The molecule has 25 heavy (non-hydrogen) atoms. The van der Waals surface area contributed by atoms with E-state index < -0.39 is 23.5 Å². The second kappa shape index (κ2) is 6.75. The lowest BCUT2D eigenvalue weighted by molar-refractivity contribution is 0.0333. The summed E-state index contributed by atoms with van der Waals surface area (Å²) in [4.78, 5) is 45.8. The molecule has 0 atom stereocenters. The van der Waals surface area contributed by atoms with Gasteiger partial charge in [-0.3, -0.25) is 0 Å². The minimum atomic E-state index is -1.05. The van der Waals surface area contributed by atoms with Crippen molar-refractivity contribution in [2.24, 2.45) is 0 Å². The number of aromatic hydroxyl groups is 1. The Bertz CT molecular complexity index is 960. The van der Waals surface area contributed by atoms with Crippen LogP contribution >= 0.6 is 0 Å². The molecule has 0 saturated heterocycles. The number of hydrogen-bond acceptors (Lipinski definition) is 6. The predicted molar refractivity (Wildman–Crippen MR) is 85.1 cm³/mol. The zero-order chi connectivity index (χ0) is 17.8. The second-order valence-corrected chi connectivity index (χ2v) is 4.88. The Morgan fingerprint density at radius 2 is 1.28 bits per heavy atom. The summed E-state index contributed by atoms with van der Waals surface area (Å²) in [5.74, 6) is -2.37. The van der Waals surface area contributed by atoms with Gasteiger partial charge in [-0.25, -0.2) is 14.4 Å². The molecule has 0 aliphatic carbocycles. The predicted octanol–water partition coefficient (Wildman–Crippen LogP) is 0.893. The van der Waals surface area contributed by atoms with Crippen molar-refractivity contribution in [2.45, 2.75) is 0 Å². The first-order valence-corrected chi connectivity index (χ1v) is 7.15. The van der Waals surface area contributed by atoms with Gasteiger partial charge in [-0.15, -0.1) is 4.73 Å². The molecule has 1 aromatic heterocycles. The van der Waals surface area contributed by atoms with Gasteiger partial charge in [0, 0.05) is 0 Å². The molecule has 0 unspecified atom stereocenters. The number of rotatable bonds is 4. The highest BCUT2D eigenvalue weighted by Gasteiger charge is 2.19. The molecule has 0 radical (unpaired) electrons. The Balaban J connectivity index is 1.81. The molecule has 3 rings (SSSR count). The van der Waals surface area contributed by atoms with Gasteiger partial charge in [-0.05, 0) is 24.3 Å². The minimum Gasteiger partial charge on any atom is -0.491 e. The first-order valence-electron chi connectivity index (χ1n) is 7.15. The molecule has 0 aliphatic heterocycles. The van der Waals surface area contributed by atoms with Crippen LogP contribution in [0.5, 0.6) is 5.88 Å². The molecule has 0 fully saturated rings. The van der Waals surface area contributed by atoms with Gasteiger partial charge in [-0.2, -0.15) is 0 Å². The van der Waals surface area contributed by atoms with E-state index in [-0.39, 0.29) is 11.1 Å². The fraction of sp³-hybridized carbons (Fsp3) is 0. The number of imidazole rings is 1. The first-order chi connectivity index (χ1) is 12.1. The minimum absolute atomic E-state index is 0.183. The highest BCUT2D eigenvalue weighted by molar-refractivity contribution is 5.90. The van der Waals surface area contributed by atoms with Crippen LogP contribution in [0.3, 0.4) is 0 Å². The molecule has 0 bridgehead atoms. The summed E-state index contributed by atoms with van der Waals surface area (Å²) < 4.78 is 0.802. The van der Waals surface area contributed by atoms with Crippen LogP contribution in [0.2, 0.25) is 0 Å². The highest BCUT2D eigenvalue weighted by atomic mass is 16.7. The summed E-state index contributed by atoms with van der Waals surface area (Å²) >= 11 is 0. The molecular weight excluding hydrogens is 328 g/mol. The van der Waals surface area contributed by atoms with Crippen LogP contribution in [0.4, 0.5) is 0 Å². The summed E-state index contributed by atoms with van der Waals surface area (Å²) in [6.45, 7) is 0. The average molecular weight is 340 g/mol. The lowest BCUT2D eigenvalue weighted by Gasteiger charge is -2.04. The van der Waals surface area contributed by atoms with Crippen molar-refractivity contribution in [3.63, 3.8) is 0 Å². The average Bonchev–Trinajstić information content (AvgIpc) is 2.90. The van der Waals surface area contributed by atoms with Crippen molar-refractivity contribution in [3.05, 3.63) is 88.5 Å². The van der Waals surface area contributed by atoms with Crippen molar-refractivity contribution in [1.29, 1.82) is 0 Å². The lowest BCUT2D eigenvalue weighted by Crippen LogP contribution is -2.36. The number of nitrogens with zero attached hydrogens (tertiary/aromatic N) is 2. The maximum Gasteiger partial charge on any atom is 0.398 e. The van der Waals surface area contributed by atoms with E-state index in [9.17, 15) is 19.5 Å². The molecule has 8 heteroatoms. The van der Waals surface area contributed by atoms with E-state index in [1.165, 1.54) is 24.3 Å². The maximum atomic E-state index is 12.1. The number of hydrogen-bond donors (Lipinski definition) is 1. The molecule has 0 amide bonds. The Hall–Kier alpha value is -3.81. The highest BCUT2D eigenvalue weighted by Crippen LogP contribution is 2.06. The van der Waals surface area contributed by atoms with Crippen LogP contribution in [-0.2, 0) is 0 Å². The zero-order valence-electron chi connectivity index (χ0n) is 12.7.